The molecule has 0 spiro atoms. The minimum atomic E-state index is -1.01. The van der Waals surface area contributed by atoms with E-state index in [-0.39, 0.29) is 5.56 Å². The lowest BCUT2D eigenvalue weighted by molar-refractivity contribution is -0.123. The van der Waals surface area contributed by atoms with Crippen molar-refractivity contribution in [3.63, 3.8) is 0 Å². The van der Waals surface area contributed by atoms with Gasteiger partial charge in [0.05, 0.1) is 17.7 Å². The number of benzene rings is 2. The van der Waals surface area contributed by atoms with Gasteiger partial charge in [0.1, 0.15) is 5.75 Å². The molecule has 0 aliphatic carbocycles. The number of nitrogens with one attached hydrogen (secondary N) is 1. The summed E-state index contributed by atoms with van der Waals surface area (Å²) < 4.78 is 10.2. The normalized spacial score (nSPS) is 11.5. The molecule has 1 atom stereocenters. The molecule has 6 nitrogen and oxygen atoms in total. The van der Waals surface area contributed by atoms with E-state index >= 15 is 0 Å². The second-order valence-corrected chi connectivity index (χ2v) is 5.83. The zero-order chi connectivity index (χ0) is 18.6. The lowest BCUT2D eigenvalue weighted by Gasteiger charge is -2.15. The number of hydrogen-bond acceptors (Lipinski definition) is 5. The smallest absolute Gasteiger partial charge is 0.341 e. The van der Waals surface area contributed by atoms with Gasteiger partial charge in [0.25, 0.3) is 5.91 Å². The number of nitrogen functional groups attached to an aromatic ring is 1. The summed E-state index contributed by atoms with van der Waals surface area (Å²) in [4.78, 5) is 24.4. The number of esters is 1. The first-order valence-corrected chi connectivity index (χ1v) is 7.91. The number of methoxy groups -OCH3 is 1. The number of halogens is 1. The van der Waals surface area contributed by atoms with Crippen LogP contribution in [-0.4, -0.2) is 25.1 Å². The summed E-state index contributed by atoms with van der Waals surface area (Å²) in [6, 6.07) is 9.85. The molecule has 2 rings (SSSR count). The number of amides is 1. The first-order chi connectivity index (χ1) is 11.8. The highest BCUT2D eigenvalue weighted by Crippen LogP contribution is 2.27. The number of hydrogen-bond donors (Lipinski definition) is 2. The summed E-state index contributed by atoms with van der Waals surface area (Å²) in [5.41, 5.74) is 7.67. The van der Waals surface area contributed by atoms with Crippen molar-refractivity contribution in [2.24, 2.45) is 0 Å². The van der Waals surface area contributed by atoms with Crippen molar-refractivity contribution in [2.45, 2.75) is 20.0 Å². The van der Waals surface area contributed by atoms with Crippen molar-refractivity contribution in [1.29, 1.82) is 0 Å². The van der Waals surface area contributed by atoms with E-state index in [0.29, 0.717) is 22.1 Å². The van der Waals surface area contributed by atoms with E-state index in [1.165, 1.54) is 14.0 Å². The molecule has 2 aromatic rings. The third-order valence-corrected chi connectivity index (χ3v) is 3.91. The van der Waals surface area contributed by atoms with E-state index in [4.69, 9.17) is 26.8 Å². The molecule has 0 radical (unpaired) electrons. The molecule has 7 heteroatoms. The van der Waals surface area contributed by atoms with E-state index in [2.05, 4.69) is 5.32 Å². The fraction of sp³-hybridized carbons (Fsp3) is 0.222. The van der Waals surface area contributed by atoms with Crippen LogP contribution < -0.4 is 15.8 Å². The summed E-state index contributed by atoms with van der Waals surface area (Å²) in [6.45, 7) is 3.26. The molecular formula is C18H19ClN2O4. The molecule has 0 aliphatic rings. The van der Waals surface area contributed by atoms with E-state index < -0.39 is 18.0 Å². The largest absolute Gasteiger partial charge is 0.495 e. The molecule has 0 saturated carbocycles. The average molecular weight is 363 g/mol. The van der Waals surface area contributed by atoms with Crippen LogP contribution in [-0.2, 0) is 9.53 Å². The van der Waals surface area contributed by atoms with Gasteiger partial charge >= 0.3 is 5.97 Å². The fourth-order valence-electron chi connectivity index (χ4n) is 2.12. The van der Waals surface area contributed by atoms with Gasteiger partial charge in [-0.1, -0.05) is 23.7 Å². The van der Waals surface area contributed by atoms with Crippen molar-refractivity contribution < 1.29 is 19.1 Å². The van der Waals surface area contributed by atoms with Crippen molar-refractivity contribution in [3.8, 4) is 5.75 Å². The van der Waals surface area contributed by atoms with E-state index in [0.717, 1.165) is 5.56 Å². The first kappa shape index (κ1) is 18.6. The van der Waals surface area contributed by atoms with Crippen LogP contribution >= 0.6 is 11.6 Å². The Bertz CT molecular complexity index is 808. The van der Waals surface area contributed by atoms with Crippen LogP contribution in [0.15, 0.2) is 36.4 Å². The lowest BCUT2D eigenvalue weighted by Crippen LogP contribution is -2.30. The molecule has 0 bridgehead atoms. The van der Waals surface area contributed by atoms with Crippen LogP contribution in [0.5, 0.6) is 5.75 Å². The van der Waals surface area contributed by atoms with Gasteiger partial charge in [0, 0.05) is 11.4 Å². The highest BCUT2D eigenvalue weighted by atomic mass is 35.5. The SMILES string of the molecule is COc1ccc(NC(=O)[C@H](C)OC(=O)c2cccc(C)c2N)cc1Cl. The van der Waals surface area contributed by atoms with Crippen LogP contribution in [0, 0.1) is 6.92 Å². The molecule has 0 fully saturated rings. The molecule has 0 heterocycles. The standard InChI is InChI=1S/C18H19ClN2O4/c1-10-5-4-6-13(16(10)20)18(23)25-11(2)17(22)21-12-7-8-15(24-3)14(19)9-12/h4-9,11H,20H2,1-3H3,(H,21,22)/t11-/m0/s1. The predicted molar refractivity (Wildman–Crippen MR) is 97.1 cm³/mol. The molecule has 1 amide bonds. The number of nitrogens with two attached hydrogens (primary N) is 1. The van der Waals surface area contributed by atoms with Gasteiger partial charge in [-0.25, -0.2) is 4.79 Å². The molecular weight excluding hydrogens is 344 g/mol. The second kappa shape index (κ2) is 7.90. The molecule has 0 aromatic heterocycles. The van der Waals surface area contributed by atoms with Crippen molar-refractivity contribution >= 4 is 34.9 Å². The summed E-state index contributed by atoms with van der Waals surface area (Å²) in [6.07, 6.45) is -1.01. The predicted octanol–water partition coefficient (Wildman–Crippen LogP) is 3.42. The Labute approximate surface area is 150 Å². The topological polar surface area (TPSA) is 90.6 Å². The Morgan fingerprint density at radius 2 is 1.96 bits per heavy atom. The maximum Gasteiger partial charge on any atom is 0.341 e. The van der Waals surface area contributed by atoms with Crippen LogP contribution in [0.25, 0.3) is 0 Å². The van der Waals surface area contributed by atoms with Crippen LogP contribution in [0.1, 0.15) is 22.8 Å². The number of aryl methyl sites for hydroxylation is 1. The van der Waals surface area contributed by atoms with Gasteiger partial charge in [-0.3, -0.25) is 4.79 Å². The molecule has 0 aliphatic heterocycles. The molecule has 0 saturated heterocycles. The van der Waals surface area contributed by atoms with E-state index in [9.17, 15) is 9.59 Å². The first-order valence-electron chi connectivity index (χ1n) is 7.54. The highest BCUT2D eigenvalue weighted by molar-refractivity contribution is 6.32. The van der Waals surface area contributed by atoms with Crippen molar-refractivity contribution in [3.05, 3.63) is 52.5 Å². The van der Waals surface area contributed by atoms with Crippen LogP contribution in [0.3, 0.4) is 0 Å². The zero-order valence-corrected chi connectivity index (χ0v) is 14.9. The quantitative estimate of drug-likeness (QED) is 0.628. The van der Waals surface area contributed by atoms with Gasteiger partial charge in [0.15, 0.2) is 6.10 Å². The molecule has 3 N–H and O–H groups in total. The number of anilines is 2. The van der Waals surface area contributed by atoms with E-state index in [1.54, 1.807) is 43.3 Å². The number of ether oxygens (including phenoxy) is 2. The van der Waals surface area contributed by atoms with E-state index in [1.807, 2.05) is 0 Å². The Morgan fingerprint density at radius 1 is 1.24 bits per heavy atom. The average Bonchev–Trinajstić information content (AvgIpc) is 2.57. The van der Waals surface area contributed by atoms with Gasteiger partial charge in [-0.15, -0.1) is 0 Å². The van der Waals surface area contributed by atoms with Gasteiger partial charge in [0.2, 0.25) is 0 Å². The van der Waals surface area contributed by atoms with Crippen molar-refractivity contribution in [2.75, 3.05) is 18.2 Å². The Hall–Kier alpha value is -2.73. The van der Waals surface area contributed by atoms with Gasteiger partial charge in [-0.2, -0.15) is 0 Å². The fourth-order valence-corrected chi connectivity index (χ4v) is 2.38. The molecule has 0 unspecified atom stereocenters. The Kier molecular flexibility index (Phi) is 5.88. The Morgan fingerprint density at radius 3 is 2.60 bits per heavy atom. The van der Waals surface area contributed by atoms with Crippen LogP contribution in [0.4, 0.5) is 11.4 Å². The summed E-state index contributed by atoms with van der Waals surface area (Å²) >= 11 is 6.01. The zero-order valence-electron chi connectivity index (χ0n) is 14.1. The maximum absolute atomic E-state index is 12.2. The third-order valence-electron chi connectivity index (χ3n) is 3.62. The Balaban J connectivity index is 2.04. The second-order valence-electron chi connectivity index (χ2n) is 5.42. The lowest BCUT2D eigenvalue weighted by atomic mass is 10.1. The van der Waals surface area contributed by atoms with Crippen LogP contribution in [0.2, 0.25) is 5.02 Å². The minimum Gasteiger partial charge on any atom is -0.495 e. The summed E-state index contributed by atoms with van der Waals surface area (Å²) in [7, 11) is 1.50. The van der Waals surface area contributed by atoms with Gasteiger partial charge < -0.3 is 20.5 Å². The number of para-hydroxylation sites is 1. The third kappa shape index (κ3) is 4.42. The number of rotatable bonds is 5. The van der Waals surface area contributed by atoms with Gasteiger partial charge in [-0.05, 0) is 43.7 Å². The van der Waals surface area contributed by atoms with Crippen molar-refractivity contribution in [1.82, 2.24) is 0 Å². The summed E-state index contributed by atoms with van der Waals surface area (Å²) in [5, 5.41) is 2.99. The summed E-state index contributed by atoms with van der Waals surface area (Å²) in [5.74, 6) is -0.647. The molecule has 132 valence electrons. The maximum atomic E-state index is 12.2. The minimum absolute atomic E-state index is 0.229. The number of carbonyl (C=O) groups excluding carboxylic acids is 2. The highest BCUT2D eigenvalue weighted by Gasteiger charge is 2.21. The number of carbonyl (C=O) groups is 2. The monoisotopic (exact) mass is 362 g/mol. The molecule has 25 heavy (non-hydrogen) atoms. The molecule has 2 aromatic carbocycles.